The lowest BCUT2D eigenvalue weighted by atomic mass is 10.1. The van der Waals surface area contributed by atoms with Crippen LogP contribution in [0.1, 0.15) is 38.8 Å². The van der Waals surface area contributed by atoms with Gasteiger partial charge in [-0.25, -0.2) is 8.42 Å². The minimum absolute atomic E-state index is 0.0767. The Labute approximate surface area is 236 Å². The second kappa shape index (κ2) is 13.6. The van der Waals surface area contributed by atoms with E-state index in [1.807, 2.05) is 39.0 Å². The third-order valence-corrected chi connectivity index (χ3v) is 8.35. The first-order valence-electron chi connectivity index (χ1n) is 13.0. The number of hydrogen-bond acceptors (Lipinski definition) is 4. The molecule has 1 unspecified atom stereocenters. The van der Waals surface area contributed by atoms with E-state index in [0.29, 0.717) is 23.7 Å². The molecular formula is C30H36ClN3O4S. The predicted molar refractivity (Wildman–Crippen MR) is 156 cm³/mol. The summed E-state index contributed by atoms with van der Waals surface area (Å²) in [5.41, 5.74) is 1.94. The van der Waals surface area contributed by atoms with Crippen LogP contribution in [0.2, 0.25) is 5.02 Å². The molecule has 0 fully saturated rings. The van der Waals surface area contributed by atoms with Crippen molar-refractivity contribution in [2.24, 2.45) is 5.92 Å². The molecule has 0 saturated carbocycles. The molecule has 7 nitrogen and oxygen atoms in total. The number of carbonyl (C=O) groups is 2. The van der Waals surface area contributed by atoms with E-state index in [1.165, 1.54) is 17.0 Å². The van der Waals surface area contributed by atoms with Crippen molar-refractivity contribution in [3.05, 3.63) is 95.0 Å². The van der Waals surface area contributed by atoms with Crippen molar-refractivity contribution in [1.29, 1.82) is 0 Å². The number of nitrogens with one attached hydrogen (secondary N) is 1. The summed E-state index contributed by atoms with van der Waals surface area (Å²) in [7, 11) is -4.10. The number of para-hydroxylation sites is 1. The Hall–Kier alpha value is -3.36. The number of halogens is 1. The molecule has 0 aromatic heterocycles. The van der Waals surface area contributed by atoms with Crippen LogP contribution in [0, 0.1) is 5.92 Å². The normalized spacial score (nSPS) is 12.2. The number of anilines is 1. The minimum atomic E-state index is -4.10. The highest BCUT2D eigenvalue weighted by molar-refractivity contribution is 7.92. The maximum atomic E-state index is 14.0. The van der Waals surface area contributed by atoms with Crippen LogP contribution < -0.4 is 9.62 Å². The fourth-order valence-electron chi connectivity index (χ4n) is 4.15. The summed E-state index contributed by atoms with van der Waals surface area (Å²) >= 11 is 6.19. The maximum absolute atomic E-state index is 14.0. The Balaban J connectivity index is 2.04. The van der Waals surface area contributed by atoms with E-state index in [-0.39, 0.29) is 23.3 Å². The van der Waals surface area contributed by atoms with Gasteiger partial charge in [-0.1, -0.05) is 80.9 Å². The third kappa shape index (κ3) is 7.83. The van der Waals surface area contributed by atoms with Crippen LogP contribution in [0.25, 0.3) is 0 Å². The van der Waals surface area contributed by atoms with Crippen LogP contribution >= 0.6 is 11.6 Å². The molecule has 0 aliphatic rings. The number of nitrogens with zero attached hydrogens (tertiary/aromatic N) is 2. The molecule has 0 saturated heterocycles. The molecule has 0 aliphatic heterocycles. The number of sulfonamides is 1. The molecular weight excluding hydrogens is 534 g/mol. The van der Waals surface area contributed by atoms with Crippen LogP contribution in [0.15, 0.2) is 83.8 Å². The molecule has 0 spiro atoms. The molecule has 0 aliphatic carbocycles. The molecule has 0 heterocycles. The fraction of sp³-hybridized carbons (Fsp3) is 0.333. The highest BCUT2D eigenvalue weighted by atomic mass is 35.5. The van der Waals surface area contributed by atoms with Crippen LogP contribution in [0.5, 0.6) is 0 Å². The number of carbonyl (C=O) groups excluding carboxylic acids is 2. The van der Waals surface area contributed by atoms with E-state index < -0.39 is 28.5 Å². The summed E-state index contributed by atoms with van der Waals surface area (Å²) in [6.07, 6.45) is 0.575. The topological polar surface area (TPSA) is 86.8 Å². The largest absolute Gasteiger partial charge is 0.354 e. The lowest BCUT2D eigenvalue weighted by molar-refractivity contribution is -0.139. The monoisotopic (exact) mass is 569 g/mol. The van der Waals surface area contributed by atoms with E-state index in [4.69, 9.17) is 11.6 Å². The van der Waals surface area contributed by atoms with E-state index in [2.05, 4.69) is 5.32 Å². The summed E-state index contributed by atoms with van der Waals surface area (Å²) in [4.78, 5) is 28.5. The summed E-state index contributed by atoms with van der Waals surface area (Å²) in [5.74, 6) is -0.589. The Morgan fingerprint density at radius 1 is 0.923 bits per heavy atom. The first-order chi connectivity index (χ1) is 18.5. The summed E-state index contributed by atoms with van der Waals surface area (Å²) in [6, 6.07) is 21.4. The second-order valence-corrected chi connectivity index (χ2v) is 12.1. The third-order valence-electron chi connectivity index (χ3n) is 6.35. The van der Waals surface area contributed by atoms with Gasteiger partial charge in [0.2, 0.25) is 11.8 Å². The van der Waals surface area contributed by atoms with Crippen LogP contribution in [-0.2, 0) is 32.6 Å². The van der Waals surface area contributed by atoms with Gasteiger partial charge in [-0.2, -0.15) is 0 Å². The molecule has 208 valence electrons. The summed E-state index contributed by atoms with van der Waals surface area (Å²) < 4.78 is 28.9. The van der Waals surface area contributed by atoms with Gasteiger partial charge in [-0.15, -0.1) is 0 Å². The highest BCUT2D eigenvalue weighted by Gasteiger charge is 2.33. The van der Waals surface area contributed by atoms with Gasteiger partial charge in [0.15, 0.2) is 0 Å². The zero-order chi connectivity index (χ0) is 28.6. The van der Waals surface area contributed by atoms with Crippen molar-refractivity contribution in [1.82, 2.24) is 10.2 Å². The highest BCUT2D eigenvalue weighted by Crippen LogP contribution is 2.28. The van der Waals surface area contributed by atoms with Gasteiger partial charge in [0, 0.05) is 18.1 Å². The molecule has 1 N–H and O–H groups in total. The molecule has 9 heteroatoms. The Bertz CT molecular complexity index is 1380. The molecule has 3 aromatic rings. The van der Waals surface area contributed by atoms with Crippen molar-refractivity contribution in [2.75, 3.05) is 17.4 Å². The van der Waals surface area contributed by atoms with Crippen molar-refractivity contribution in [3.8, 4) is 0 Å². The lowest BCUT2D eigenvalue weighted by Gasteiger charge is -2.32. The van der Waals surface area contributed by atoms with Gasteiger partial charge in [-0.05, 0) is 60.7 Å². The van der Waals surface area contributed by atoms with E-state index in [9.17, 15) is 18.0 Å². The fourth-order valence-corrected chi connectivity index (χ4v) is 5.84. The molecule has 3 rings (SSSR count). The molecule has 3 aromatic carbocycles. The van der Waals surface area contributed by atoms with Crippen LogP contribution in [0.3, 0.4) is 0 Å². The van der Waals surface area contributed by atoms with E-state index in [0.717, 1.165) is 15.4 Å². The van der Waals surface area contributed by atoms with Gasteiger partial charge < -0.3 is 10.2 Å². The van der Waals surface area contributed by atoms with Gasteiger partial charge >= 0.3 is 0 Å². The molecule has 39 heavy (non-hydrogen) atoms. The first-order valence-corrected chi connectivity index (χ1v) is 14.8. The van der Waals surface area contributed by atoms with Crippen molar-refractivity contribution in [2.45, 2.75) is 51.6 Å². The summed E-state index contributed by atoms with van der Waals surface area (Å²) in [5, 5.41) is 3.38. The molecule has 2 amide bonds. The number of aryl methyl sites for hydroxylation is 1. The van der Waals surface area contributed by atoms with Gasteiger partial charge in [0.05, 0.1) is 10.6 Å². The van der Waals surface area contributed by atoms with Crippen molar-refractivity contribution >= 4 is 39.1 Å². The predicted octanol–water partition coefficient (Wildman–Crippen LogP) is 5.29. The lowest BCUT2D eigenvalue weighted by Crippen LogP contribution is -2.51. The minimum Gasteiger partial charge on any atom is -0.354 e. The second-order valence-electron chi connectivity index (χ2n) is 9.77. The van der Waals surface area contributed by atoms with E-state index >= 15 is 0 Å². The Morgan fingerprint density at radius 2 is 1.59 bits per heavy atom. The Morgan fingerprint density at radius 3 is 2.23 bits per heavy atom. The zero-order valence-electron chi connectivity index (χ0n) is 22.8. The van der Waals surface area contributed by atoms with Gasteiger partial charge in [0.25, 0.3) is 10.0 Å². The van der Waals surface area contributed by atoms with Gasteiger partial charge in [-0.3, -0.25) is 13.9 Å². The molecule has 0 radical (unpaired) electrons. The van der Waals surface area contributed by atoms with Crippen molar-refractivity contribution in [3.63, 3.8) is 0 Å². The smallest absolute Gasteiger partial charge is 0.264 e. The standard InChI is InChI=1S/C30H36ClN3O4S/c1-5-25-13-9-10-17-28(25)34(39(37,38)27-15-7-6-8-16-27)21-29(35)33(20-24-12-11-14-26(31)18-24)23(4)30(36)32-19-22(2)3/h6-18,22-23H,5,19-21H2,1-4H3,(H,32,36). The SMILES string of the molecule is CCc1ccccc1N(CC(=O)N(Cc1cccc(Cl)c1)C(C)C(=O)NCC(C)C)S(=O)(=O)c1ccccc1. The first kappa shape index (κ1) is 30.2. The Kier molecular flexibility index (Phi) is 10.5. The molecule has 0 bridgehead atoms. The summed E-state index contributed by atoms with van der Waals surface area (Å²) in [6.45, 7) is 7.62. The van der Waals surface area contributed by atoms with Gasteiger partial charge in [0.1, 0.15) is 12.6 Å². The maximum Gasteiger partial charge on any atom is 0.264 e. The number of rotatable bonds is 12. The number of hydrogen-bond donors (Lipinski definition) is 1. The quantitative estimate of drug-likeness (QED) is 0.321. The zero-order valence-corrected chi connectivity index (χ0v) is 24.4. The number of amides is 2. The van der Waals surface area contributed by atoms with Crippen LogP contribution in [-0.4, -0.2) is 44.3 Å². The van der Waals surface area contributed by atoms with E-state index in [1.54, 1.807) is 55.5 Å². The molecule has 1 atom stereocenters. The van der Waals surface area contributed by atoms with Crippen LogP contribution in [0.4, 0.5) is 5.69 Å². The number of benzene rings is 3. The van der Waals surface area contributed by atoms with Crippen molar-refractivity contribution < 1.29 is 18.0 Å². The average Bonchev–Trinajstić information content (AvgIpc) is 2.93. The average molecular weight is 570 g/mol.